The van der Waals surface area contributed by atoms with Crippen molar-refractivity contribution in [2.75, 3.05) is 0 Å². The summed E-state index contributed by atoms with van der Waals surface area (Å²) in [4.78, 5) is 11.7. The first-order valence-corrected chi connectivity index (χ1v) is 7.50. The summed E-state index contributed by atoms with van der Waals surface area (Å²) >= 11 is 5.93. The molecule has 1 nitrogen and oxygen atoms in total. The van der Waals surface area contributed by atoms with Gasteiger partial charge >= 0.3 is 0 Å². The third-order valence-electron chi connectivity index (χ3n) is 3.82. The van der Waals surface area contributed by atoms with Gasteiger partial charge in [-0.2, -0.15) is 0 Å². The van der Waals surface area contributed by atoms with Crippen molar-refractivity contribution in [3.8, 4) is 0 Å². The Morgan fingerprint density at radius 3 is 2.18 bits per heavy atom. The Labute approximate surface area is 136 Å². The summed E-state index contributed by atoms with van der Waals surface area (Å²) in [7, 11) is 0. The largest absolute Gasteiger partial charge is 0.298 e. The molecular formula is C20H19ClO. The second-order valence-electron chi connectivity index (χ2n) is 5.47. The summed E-state index contributed by atoms with van der Waals surface area (Å²) in [6.07, 6.45) is 0.925. The number of halogens is 1. The summed E-state index contributed by atoms with van der Waals surface area (Å²) in [5.74, 6) is 0. The van der Waals surface area contributed by atoms with E-state index in [-0.39, 0.29) is 0 Å². The molecule has 0 aliphatic heterocycles. The predicted molar refractivity (Wildman–Crippen MR) is 95.9 cm³/mol. The molecule has 2 aromatic carbocycles. The number of hydrogen-bond donors (Lipinski definition) is 0. The van der Waals surface area contributed by atoms with E-state index >= 15 is 0 Å². The Morgan fingerprint density at radius 1 is 1.05 bits per heavy atom. The molecule has 0 fully saturated rings. The maximum absolute atomic E-state index is 11.7. The third kappa shape index (κ3) is 3.37. The highest BCUT2D eigenvalue weighted by Crippen LogP contribution is 2.29. The Morgan fingerprint density at radius 2 is 1.64 bits per heavy atom. The van der Waals surface area contributed by atoms with Gasteiger partial charge < -0.3 is 0 Å². The maximum Gasteiger partial charge on any atom is 0.150 e. The zero-order chi connectivity index (χ0) is 16.3. The van der Waals surface area contributed by atoms with E-state index in [1.165, 1.54) is 0 Å². The number of carbonyl (C=O) groups is 1. The summed E-state index contributed by atoms with van der Waals surface area (Å²) in [6, 6.07) is 13.6. The molecule has 0 radical (unpaired) electrons. The fourth-order valence-electron chi connectivity index (χ4n) is 2.39. The van der Waals surface area contributed by atoms with Crippen LogP contribution in [0, 0.1) is 6.92 Å². The summed E-state index contributed by atoms with van der Waals surface area (Å²) in [5, 5.41) is 0.685. The van der Waals surface area contributed by atoms with E-state index in [0.29, 0.717) is 10.6 Å². The molecule has 22 heavy (non-hydrogen) atoms. The smallest absolute Gasteiger partial charge is 0.150 e. The first kappa shape index (κ1) is 16.3. The van der Waals surface area contributed by atoms with Crippen LogP contribution in [0.25, 0.3) is 16.7 Å². The molecule has 0 heterocycles. The van der Waals surface area contributed by atoms with Crippen molar-refractivity contribution < 1.29 is 4.79 Å². The van der Waals surface area contributed by atoms with Crippen molar-refractivity contribution in [1.29, 1.82) is 0 Å². The minimum Gasteiger partial charge on any atom is -0.298 e. The molecule has 112 valence electrons. The van der Waals surface area contributed by atoms with Gasteiger partial charge in [0.05, 0.1) is 0 Å². The van der Waals surface area contributed by atoms with Crippen LogP contribution in [0.1, 0.15) is 36.1 Å². The fourth-order valence-corrected chi connectivity index (χ4v) is 2.51. The molecule has 0 aromatic heterocycles. The number of aldehydes is 1. The summed E-state index contributed by atoms with van der Waals surface area (Å²) in [5.41, 5.74) is 6.67. The molecule has 0 spiro atoms. The van der Waals surface area contributed by atoms with Gasteiger partial charge in [0.25, 0.3) is 0 Å². The van der Waals surface area contributed by atoms with E-state index in [1.54, 1.807) is 0 Å². The second-order valence-corrected chi connectivity index (χ2v) is 5.91. The lowest BCUT2D eigenvalue weighted by molar-refractivity contribution is -0.103. The monoisotopic (exact) mass is 310 g/mol. The average molecular weight is 311 g/mol. The molecule has 0 N–H and O–H groups in total. The molecule has 0 amide bonds. The first-order chi connectivity index (χ1) is 10.4. The molecule has 2 aromatic rings. The lowest BCUT2D eigenvalue weighted by atomic mass is 9.91. The lowest BCUT2D eigenvalue weighted by Crippen LogP contribution is -1.96. The normalized spacial score (nSPS) is 11.8. The Balaban J connectivity index is 2.62. The van der Waals surface area contributed by atoms with Crippen LogP contribution in [0.5, 0.6) is 0 Å². The molecule has 0 bridgehead atoms. The minimum atomic E-state index is 0.685. The first-order valence-electron chi connectivity index (χ1n) is 7.13. The Kier molecular flexibility index (Phi) is 4.99. The van der Waals surface area contributed by atoms with Crippen LogP contribution in [0.4, 0.5) is 0 Å². The minimum absolute atomic E-state index is 0.685. The number of allylic oxidation sites excluding steroid dienone is 3. The zero-order valence-corrected chi connectivity index (χ0v) is 13.9. The second kappa shape index (κ2) is 6.76. The van der Waals surface area contributed by atoms with Gasteiger partial charge in [-0.3, -0.25) is 4.79 Å². The van der Waals surface area contributed by atoms with Crippen molar-refractivity contribution in [2.45, 2.75) is 20.8 Å². The zero-order valence-electron chi connectivity index (χ0n) is 13.1. The summed E-state index contributed by atoms with van der Waals surface area (Å²) < 4.78 is 0. The number of hydrogen-bond acceptors (Lipinski definition) is 1. The van der Waals surface area contributed by atoms with Crippen LogP contribution in [-0.2, 0) is 4.79 Å². The molecule has 2 heteroatoms. The number of aryl methyl sites for hydroxylation is 1. The van der Waals surface area contributed by atoms with Gasteiger partial charge in [-0.15, -0.1) is 0 Å². The molecule has 0 atom stereocenters. The molecule has 2 rings (SSSR count). The van der Waals surface area contributed by atoms with Crippen LogP contribution in [0.2, 0.25) is 5.02 Å². The van der Waals surface area contributed by atoms with Crippen molar-refractivity contribution in [3.63, 3.8) is 0 Å². The van der Waals surface area contributed by atoms with Crippen LogP contribution < -0.4 is 0 Å². The van der Waals surface area contributed by atoms with Gasteiger partial charge in [-0.25, -0.2) is 0 Å². The van der Waals surface area contributed by atoms with E-state index in [9.17, 15) is 4.79 Å². The summed E-state index contributed by atoms with van der Waals surface area (Å²) in [6.45, 7) is 9.91. The van der Waals surface area contributed by atoms with E-state index in [0.717, 1.165) is 39.7 Å². The molecular weight excluding hydrogens is 292 g/mol. The van der Waals surface area contributed by atoms with Crippen LogP contribution in [-0.4, -0.2) is 6.29 Å². The fraction of sp³-hybridized carbons (Fsp3) is 0.150. The highest BCUT2D eigenvalue weighted by Gasteiger charge is 2.11. The molecule has 0 saturated heterocycles. The maximum atomic E-state index is 11.7. The molecule has 0 aliphatic rings. The topological polar surface area (TPSA) is 17.1 Å². The third-order valence-corrected chi connectivity index (χ3v) is 4.07. The van der Waals surface area contributed by atoms with E-state index < -0.39 is 0 Å². The lowest BCUT2D eigenvalue weighted by Gasteiger charge is -2.12. The van der Waals surface area contributed by atoms with E-state index in [2.05, 4.69) is 6.58 Å². The molecule has 0 unspecified atom stereocenters. The Hall–Kier alpha value is -2.12. The van der Waals surface area contributed by atoms with Gasteiger partial charge in [0.2, 0.25) is 0 Å². The van der Waals surface area contributed by atoms with Gasteiger partial charge in [0, 0.05) is 10.6 Å². The van der Waals surface area contributed by atoms with E-state index in [1.807, 2.05) is 63.2 Å². The standard InChI is InChI=1S/C20H19ClO/c1-13(2)17-6-5-14(3)19(11-17)20(12-22)15(4)16-7-9-18(21)10-8-16/h5-12H,1H2,2-4H3/b20-15-. The number of carbonyl (C=O) groups excluding carboxylic acids is 1. The van der Waals surface area contributed by atoms with E-state index in [4.69, 9.17) is 11.6 Å². The van der Waals surface area contributed by atoms with Crippen LogP contribution >= 0.6 is 11.6 Å². The van der Waals surface area contributed by atoms with Gasteiger partial charge in [0.1, 0.15) is 0 Å². The molecule has 0 saturated carbocycles. The average Bonchev–Trinajstić information content (AvgIpc) is 2.50. The quantitative estimate of drug-likeness (QED) is 0.395. The SMILES string of the molecule is C=C(C)c1ccc(C)c(/C(C=O)=C(/C)c2ccc(Cl)cc2)c1. The van der Waals surface area contributed by atoms with Gasteiger partial charge in [-0.1, -0.05) is 48.0 Å². The van der Waals surface area contributed by atoms with Gasteiger partial charge in [0.15, 0.2) is 6.29 Å². The van der Waals surface area contributed by atoms with Crippen LogP contribution in [0.15, 0.2) is 49.0 Å². The predicted octanol–water partition coefficient (Wildman–Crippen LogP) is 5.81. The van der Waals surface area contributed by atoms with Gasteiger partial charge in [-0.05, 0) is 66.8 Å². The van der Waals surface area contributed by atoms with Crippen molar-refractivity contribution >= 4 is 34.6 Å². The number of rotatable bonds is 4. The Bertz CT molecular complexity index is 752. The van der Waals surface area contributed by atoms with Crippen molar-refractivity contribution in [1.82, 2.24) is 0 Å². The van der Waals surface area contributed by atoms with Crippen LogP contribution in [0.3, 0.4) is 0 Å². The van der Waals surface area contributed by atoms with Crippen molar-refractivity contribution in [2.24, 2.45) is 0 Å². The number of benzene rings is 2. The van der Waals surface area contributed by atoms with Crippen molar-refractivity contribution in [3.05, 3.63) is 76.3 Å². The molecule has 0 aliphatic carbocycles. The highest BCUT2D eigenvalue weighted by molar-refractivity contribution is 6.30. The highest BCUT2D eigenvalue weighted by atomic mass is 35.5.